The number of carbonyl (C=O) groups excluding carboxylic acids is 2. The first-order chi connectivity index (χ1) is 12.2. The number of carbonyl (C=O) groups is 2. The molecule has 2 aliphatic rings. The predicted octanol–water partition coefficient (Wildman–Crippen LogP) is 1.04. The molecule has 1 atom stereocenters. The van der Waals surface area contributed by atoms with Gasteiger partial charge in [-0.15, -0.1) is 0 Å². The van der Waals surface area contributed by atoms with Crippen molar-refractivity contribution in [3.63, 3.8) is 0 Å². The average Bonchev–Trinajstić information content (AvgIpc) is 2.63. The topological polar surface area (TPSA) is 59.8 Å². The Morgan fingerprint density at radius 3 is 2.72 bits per heavy atom. The number of hydrogen-bond acceptors (Lipinski definition) is 3. The summed E-state index contributed by atoms with van der Waals surface area (Å²) in [6.07, 6.45) is 4.87. The average molecular weight is 345 g/mol. The van der Waals surface area contributed by atoms with Crippen LogP contribution in [-0.2, 0) is 20.7 Å². The molecule has 3 rings (SSSR count). The fraction of sp³-hybridized carbons (Fsp3) is 0.600. The van der Waals surface area contributed by atoms with E-state index in [1.54, 1.807) is 0 Å². The van der Waals surface area contributed by atoms with Crippen molar-refractivity contribution in [2.75, 3.05) is 26.2 Å². The van der Waals surface area contributed by atoms with Crippen LogP contribution in [0.1, 0.15) is 49.8 Å². The van der Waals surface area contributed by atoms with Crippen LogP contribution in [0.25, 0.3) is 0 Å². The standard InChI is InChI=1S/C20H28N2O3/c1-2-25-20(24)16-10-12-22(13-11-16)14-19(23)21-18-9-5-7-15-6-3-4-8-17(15)18/h3-4,6,8,16,18H,2,5,7,9-14H2,1H3,(H,21,23)/p+1/t18-/m0/s1. The van der Waals surface area contributed by atoms with Gasteiger partial charge in [-0.05, 0) is 37.3 Å². The Labute approximate surface area is 149 Å². The SMILES string of the molecule is CCOC(=O)C1CC[NH+](CC(=O)N[C@H]2CCCc3ccccc32)CC1. The van der Waals surface area contributed by atoms with Crippen LogP contribution in [0.4, 0.5) is 0 Å². The monoisotopic (exact) mass is 345 g/mol. The van der Waals surface area contributed by atoms with Crippen molar-refractivity contribution < 1.29 is 19.2 Å². The van der Waals surface area contributed by atoms with Crippen LogP contribution in [0.3, 0.4) is 0 Å². The Morgan fingerprint density at radius 1 is 1.20 bits per heavy atom. The maximum absolute atomic E-state index is 12.5. The van der Waals surface area contributed by atoms with E-state index in [9.17, 15) is 9.59 Å². The normalized spacial score (nSPS) is 25.7. The largest absolute Gasteiger partial charge is 0.466 e. The van der Waals surface area contributed by atoms with E-state index in [0.717, 1.165) is 45.2 Å². The minimum absolute atomic E-state index is 0.0111. The molecule has 1 heterocycles. The molecule has 2 N–H and O–H groups in total. The third kappa shape index (κ3) is 4.60. The number of aryl methyl sites for hydroxylation is 1. The van der Waals surface area contributed by atoms with E-state index in [4.69, 9.17) is 4.74 Å². The highest BCUT2D eigenvalue weighted by Crippen LogP contribution is 2.29. The molecule has 1 aromatic carbocycles. The van der Waals surface area contributed by atoms with Crippen LogP contribution >= 0.6 is 0 Å². The third-order valence-electron chi connectivity index (χ3n) is 5.43. The summed E-state index contributed by atoms with van der Waals surface area (Å²) in [7, 11) is 0. The maximum Gasteiger partial charge on any atom is 0.309 e. The van der Waals surface area contributed by atoms with Crippen LogP contribution in [0.2, 0.25) is 0 Å². The Morgan fingerprint density at radius 2 is 1.96 bits per heavy atom. The lowest BCUT2D eigenvalue weighted by Crippen LogP contribution is -3.14. The lowest BCUT2D eigenvalue weighted by atomic mass is 9.88. The van der Waals surface area contributed by atoms with Crippen molar-refractivity contribution in [1.82, 2.24) is 5.32 Å². The molecular formula is C20H29N2O3+. The molecule has 1 amide bonds. The molecule has 0 bridgehead atoms. The summed E-state index contributed by atoms with van der Waals surface area (Å²) in [5.41, 5.74) is 2.64. The van der Waals surface area contributed by atoms with Crippen LogP contribution in [-0.4, -0.2) is 38.1 Å². The molecule has 5 nitrogen and oxygen atoms in total. The Kier molecular flexibility index (Phi) is 6.08. The molecule has 0 aromatic heterocycles. The number of amides is 1. The molecule has 1 aliphatic carbocycles. The number of ether oxygens (including phenoxy) is 1. The minimum atomic E-state index is -0.0789. The smallest absolute Gasteiger partial charge is 0.309 e. The van der Waals surface area contributed by atoms with E-state index in [2.05, 4.69) is 29.6 Å². The second-order valence-corrected chi connectivity index (χ2v) is 7.16. The number of fused-ring (bicyclic) bond motifs is 1. The Balaban J connectivity index is 1.47. The number of quaternary nitrogens is 1. The third-order valence-corrected chi connectivity index (χ3v) is 5.43. The Hall–Kier alpha value is -1.88. The number of nitrogens with one attached hydrogen (secondary N) is 2. The summed E-state index contributed by atoms with van der Waals surface area (Å²) in [5, 5.41) is 3.23. The van der Waals surface area contributed by atoms with Crippen LogP contribution < -0.4 is 10.2 Å². The molecule has 0 saturated carbocycles. The number of esters is 1. The van der Waals surface area contributed by atoms with Crippen LogP contribution in [0, 0.1) is 5.92 Å². The van der Waals surface area contributed by atoms with Gasteiger partial charge >= 0.3 is 5.97 Å². The summed E-state index contributed by atoms with van der Waals surface area (Å²) < 4.78 is 5.10. The van der Waals surface area contributed by atoms with Gasteiger partial charge in [-0.3, -0.25) is 9.59 Å². The molecule has 0 spiro atoms. The quantitative estimate of drug-likeness (QED) is 0.784. The molecule has 0 radical (unpaired) electrons. The molecule has 1 aliphatic heterocycles. The number of hydrogen-bond donors (Lipinski definition) is 2. The highest BCUT2D eigenvalue weighted by molar-refractivity contribution is 5.77. The molecule has 1 aromatic rings. The highest BCUT2D eigenvalue weighted by atomic mass is 16.5. The number of benzene rings is 1. The first kappa shape index (κ1) is 17.9. The lowest BCUT2D eigenvalue weighted by molar-refractivity contribution is -0.897. The lowest BCUT2D eigenvalue weighted by Gasteiger charge is -2.29. The van der Waals surface area contributed by atoms with Gasteiger partial charge in [-0.2, -0.15) is 0 Å². The van der Waals surface area contributed by atoms with E-state index >= 15 is 0 Å². The second-order valence-electron chi connectivity index (χ2n) is 7.16. The van der Waals surface area contributed by atoms with Gasteiger partial charge in [0.05, 0.1) is 31.7 Å². The van der Waals surface area contributed by atoms with Crippen molar-refractivity contribution in [2.24, 2.45) is 5.92 Å². The maximum atomic E-state index is 12.5. The van der Waals surface area contributed by atoms with E-state index < -0.39 is 0 Å². The first-order valence-electron chi connectivity index (χ1n) is 9.54. The van der Waals surface area contributed by atoms with Crippen molar-refractivity contribution in [3.8, 4) is 0 Å². The van der Waals surface area contributed by atoms with Crippen molar-refractivity contribution >= 4 is 11.9 Å². The fourth-order valence-corrected chi connectivity index (χ4v) is 4.07. The van der Waals surface area contributed by atoms with E-state index in [1.165, 1.54) is 16.0 Å². The van der Waals surface area contributed by atoms with Gasteiger partial charge < -0.3 is 15.0 Å². The molecule has 25 heavy (non-hydrogen) atoms. The molecule has 1 fully saturated rings. The van der Waals surface area contributed by atoms with Crippen LogP contribution in [0.5, 0.6) is 0 Å². The molecule has 0 unspecified atom stereocenters. The van der Waals surface area contributed by atoms with Gasteiger partial charge in [0.15, 0.2) is 6.54 Å². The predicted molar refractivity (Wildman–Crippen MR) is 95.2 cm³/mol. The number of likely N-dealkylation sites (tertiary alicyclic amines) is 1. The summed E-state index contributed by atoms with van der Waals surface area (Å²) in [6, 6.07) is 8.57. The second kappa shape index (κ2) is 8.48. The van der Waals surface area contributed by atoms with Gasteiger partial charge in [0.1, 0.15) is 0 Å². The summed E-state index contributed by atoms with van der Waals surface area (Å²) in [5.74, 6) is 0.0492. The Bertz CT molecular complexity index is 609. The van der Waals surface area contributed by atoms with Crippen molar-refractivity contribution in [1.29, 1.82) is 0 Å². The minimum Gasteiger partial charge on any atom is -0.466 e. The van der Waals surface area contributed by atoms with Gasteiger partial charge in [0.2, 0.25) is 0 Å². The first-order valence-corrected chi connectivity index (χ1v) is 9.54. The summed E-state index contributed by atoms with van der Waals surface area (Å²) in [4.78, 5) is 25.5. The number of rotatable bonds is 5. The summed E-state index contributed by atoms with van der Waals surface area (Å²) in [6.45, 7) is 4.49. The van der Waals surface area contributed by atoms with Gasteiger partial charge in [-0.25, -0.2) is 0 Å². The highest BCUT2D eigenvalue weighted by Gasteiger charge is 2.30. The zero-order valence-corrected chi connectivity index (χ0v) is 15.1. The zero-order chi connectivity index (χ0) is 17.6. The fourth-order valence-electron chi connectivity index (χ4n) is 4.07. The van der Waals surface area contributed by atoms with Crippen LogP contribution in [0.15, 0.2) is 24.3 Å². The van der Waals surface area contributed by atoms with Gasteiger partial charge in [-0.1, -0.05) is 24.3 Å². The van der Waals surface area contributed by atoms with E-state index in [0.29, 0.717) is 13.2 Å². The zero-order valence-electron chi connectivity index (χ0n) is 15.1. The summed E-state index contributed by atoms with van der Waals surface area (Å²) >= 11 is 0. The molecule has 136 valence electrons. The van der Waals surface area contributed by atoms with E-state index in [1.807, 2.05) is 6.92 Å². The number of piperidine rings is 1. The molecule has 5 heteroatoms. The van der Waals surface area contributed by atoms with Crippen molar-refractivity contribution in [3.05, 3.63) is 35.4 Å². The molecule has 1 saturated heterocycles. The van der Waals surface area contributed by atoms with Gasteiger partial charge in [0.25, 0.3) is 5.91 Å². The molecular weight excluding hydrogens is 316 g/mol. The van der Waals surface area contributed by atoms with Crippen molar-refractivity contribution in [2.45, 2.75) is 45.1 Å². The van der Waals surface area contributed by atoms with E-state index in [-0.39, 0.29) is 23.8 Å². The van der Waals surface area contributed by atoms with Gasteiger partial charge in [0, 0.05) is 12.8 Å².